The molecule has 3 nitrogen and oxygen atoms in total. The number of aliphatic hydroxyl groups excluding tert-OH is 1. The van der Waals surface area contributed by atoms with Gasteiger partial charge in [0.2, 0.25) is 0 Å². The summed E-state index contributed by atoms with van der Waals surface area (Å²) in [6.07, 6.45) is 0. The van der Waals surface area contributed by atoms with Crippen molar-refractivity contribution in [2.24, 2.45) is 5.41 Å². The van der Waals surface area contributed by atoms with Crippen LogP contribution in [0, 0.1) is 17.3 Å². The van der Waals surface area contributed by atoms with Gasteiger partial charge in [0.05, 0.1) is 7.11 Å². The molecule has 1 unspecified atom stereocenters. The summed E-state index contributed by atoms with van der Waals surface area (Å²) in [5.74, 6) is 6.57. The molecule has 3 heteroatoms. The first kappa shape index (κ1) is 17.6. The van der Waals surface area contributed by atoms with Gasteiger partial charge in [-0.2, -0.15) is 0 Å². The molecule has 0 heterocycles. The highest BCUT2D eigenvalue weighted by molar-refractivity contribution is 5.45. The van der Waals surface area contributed by atoms with Gasteiger partial charge in [0, 0.05) is 18.2 Å². The molecule has 0 aliphatic rings. The van der Waals surface area contributed by atoms with Gasteiger partial charge in [-0.3, -0.25) is 4.90 Å². The van der Waals surface area contributed by atoms with Crippen LogP contribution in [0.5, 0.6) is 5.75 Å². The summed E-state index contributed by atoms with van der Waals surface area (Å²) in [4.78, 5) is 2.32. The topological polar surface area (TPSA) is 32.7 Å². The minimum Gasteiger partial charge on any atom is -0.497 e. The number of ether oxygens (including phenoxy) is 1. The fraction of sp³-hybridized carbons (Fsp3) is 0.556. The highest BCUT2D eigenvalue weighted by atomic mass is 16.5. The number of aliphatic hydroxyl groups is 1. The van der Waals surface area contributed by atoms with Gasteiger partial charge in [-0.1, -0.05) is 32.6 Å². The third-order valence-corrected chi connectivity index (χ3v) is 3.95. The predicted molar refractivity (Wildman–Crippen MR) is 87.3 cm³/mol. The summed E-state index contributed by atoms with van der Waals surface area (Å²) in [7, 11) is 3.79. The van der Waals surface area contributed by atoms with Gasteiger partial charge in [-0.25, -0.2) is 0 Å². The minimum absolute atomic E-state index is 0.125. The van der Waals surface area contributed by atoms with Crippen LogP contribution in [0.15, 0.2) is 18.2 Å². The van der Waals surface area contributed by atoms with Gasteiger partial charge >= 0.3 is 0 Å². The van der Waals surface area contributed by atoms with Gasteiger partial charge in [-0.05, 0) is 43.1 Å². The third-order valence-electron chi connectivity index (χ3n) is 3.95. The van der Waals surface area contributed by atoms with E-state index in [9.17, 15) is 0 Å². The second-order valence-electron chi connectivity index (χ2n) is 6.44. The van der Waals surface area contributed by atoms with Crippen LogP contribution in [0.3, 0.4) is 0 Å². The smallest absolute Gasteiger partial charge is 0.119 e. The van der Waals surface area contributed by atoms with E-state index >= 15 is 0 Å². The van der Waals surface area contributed by atoms with Gasteiger partial charge in [0.25, 0.3) is 0 Å². The summed E-state index contributed by atoms with van der Waals surface area (Å²) in [5, 5.41) is 8.89. The van der Waals surface area contributed by atoms with Crippen molar-refractivity contribution in [2.45, 2.75) is 40.3 Å². The molecule has 116 valence electrons. The van der Waals surface area contributed by atoms with E-state index in [-0.39, 0.29) is 12.0 Å². The molecule has 1 aromatic carbocycles. The zero-order chi connectivity index (χ0) is 16.0. The van der Waals surface area contributed by atoms with Crippen LogP contribution in [0.1, 0.15) is 38.8 Å². The molecule has 0 radical (unpaired) electrons. The Morgan fingerprint density at radius 1 is 1.33 bits per heavy atom. The quantitative estimate of drug-likeness (QED) is 0.865. The Morgan fingerprint density at radius 3 is 2.52 bits per heavy atom. The molecule has 0 fully saturated rings. The first-order chi connectivity index (χ1) is 9.79. The Labute approximate surface area is 128 Å². The first-order valence-corrected chi connectivity index (χ1v) is 7.26. The summed E-state index contributed by atoms with van der Waals surface area (Å²) in [6.45, 7) is 9.63. The predicted octanol–water partition coefficient (Wildman–Crippen LogP) is 2.91. The minimum atomic E-state index is -0.125. The van der Waals surface area contributed by atoms with Crippen molar-refractivity contribution in [1.29, 1.82) is 0 Å². The van der Waals surface area contributed by atoms with Crippen molar-refractivity contribution < 1.29 is 9.84 Å². The largest absolute Gasteiger partial charge is 0.497 e. The molecule has 0 aliphatic carbocycles. The fourth-order valence-electron chi connectivity index (χ4n) is 2.15. The molecule has 1 aromatic rings. The number of methoxy groups -OCH3 is 1. The number of hydrogen-bond donors (Lipinski definition) is 1. The number of hydrogen-bond acceptors (Lipinski definition) is 3. The lowest BCUT2D eigenvalue weighted by molar-refractivity contribution is 0.134. The van der Waals surface area contributed by atoms with Crippen molar-refractivity contribution in [3.8, 4) is 17.6 Å². The lowest BCUT2D eigenvalue weighted by atomic mass is 9.87. The SMILES string of the molecule is COc1ccc(C#CCO)c(CN(C)C(C)C(C)(C)C)c1. The average Bonchev–Trinajstić information content (AvgIpc) is 2.43. The Balaban J connectivity index is 3.04. The lowest BCUT2D eigenvalue weighted by Gasteiger charge is -2.35. The fourth-order valence-corrected chi connectivity index (χ4v) is 2.15. The molecule has 1 rings (SSSR count). The molecule has 1 N–H and O–H groups in total. The second kappa shape index (κ2) is 7.49. The van der Waals surface area contributed by atoms with Crippen LogP contribution in [0.2, 0.25) is 0 Å². The van der Waals surface area contributed by atoms with Crippen molar-refractivity contribution >= 4 is 0 Å². The van der Waals surface area contributed by atoms with E-state index in [0.29, 0.717) is 6.04 Å². The van der Waals surface area contributed by atoms with E-state index in [0.717, 1.165) is 23.4 Å². The van der Waals surface area contributed by atoms with Crippen molar-refractivity contribution in [3.05, 3.63) is 29.3 Å². The van der Waals surface area contributed by atoms with E-state index in [1.165, 1.54) is 0 Å². The Morgan fingerprint density at radius 2 is 2.00 bits per heavy atom. The maximum absolute atomic E-state index is 8.89. The Hall–Kier alpha value is -1.50. The summed E-state index contributed by atoms with van der Waals surface area (Å²) < 4.78 is 5.31. The maximum Gasteiger partial charge on any atom is 0.119 e. The van der Waals surface area contributed by atoms with Crippen molar-refractivity contribution in [1.82, 2.24) is 4.90 Å². The normalized spacial score (nSPS) is 12.8. The average molecular weight is 289 g/mol. The van der Waals surface area contributed by atoms with E-state index in [1.54, 1.807) is 7.11 Å². The second-order valence-corrected chi connectivity index (χ2v) is 6.44. The van der Waals surface area contributed by atoms with E-state index in [2.05, 4.69) is 51.5 Å². The molecule has 0 saturated heterocycles. The van der Waals surface area contributed by atoms with Crippen molar-refractivity contribution in [2.75, 3.05) is 20.8 Å². The highest BCUT2D eigenvalue weighted by Gasteiger charge is 2.24. The summed E-state index contributed by atoms with van der Waals surface area (Å²) >= 11 is 0. The van der Waals surface area contributed by atoms with E-state index < -0.39 is 0 Å². The monoisotopic (exact) mass is 289 g/mol. The van der Waals surface area contributed by atoms with Crippen LogP contribution >= 0.6 is 0 Å². The first-order valence-electron chi connectivity index (χ1n) is 7.26. The summed E-state index contributed by atoms with van der Waals surface area (Å²) in [6, 6.07) is 6.31. The van der Waals surface area contributed by atoms with Crippen LogP contribution in [0.25, 0.3) is 0 Å². The number of benzene rings is 1. The van der Waals surface area contributed by atoms with Gasteiger partial charge < -0.3 is 9.84 Å². The van der Waals surface area contributed by atoms with E-state index in [4.69, 9.17) is 9.84 Å². The third kappa shape index (κ3) is 5.08. The zero-order valence-electron chi connectivity index (χ0n) is 14.0. The van der Waals surface area contributed by atoms with Crippen LogP contribution < -0.4 is 4.74 Å². The van der Waals surface area contributed by atoms with Crippen LogP contribution in [-0.2, 0) is 6.54 Å². The molecule has 0 bridgehead atoms. The van der Waals surface area contributed by atoms with E-state index in [1.807, 2.05) is 18.2 Å². The molecule has 0 aliphatic heterocycles. The van der Waals surface area contributed by atoms with Gasteiger partial charge in [0.1, 0.15) is 12.4 Å². The molecule has 0 saturated carbocycles. The molecule has 0 aromatic heterocycles. The molecular weight excluding hydrogens is 262 g/mol. The molecule has 21 heavy (non-hydrogen) atoms. The number of rotatable bonds is 4. The lowest BCUT2D eigenvalue weighted by Crippen LogP contribution is -2.38. The van der Waals surface area contributed by atoms with Gasteiger partial charge in [0.15, 0.2) is 0 Å². The zero-order valence-corrected chi connectivity index (χ0v) is 14.0. The Bertz CT molecular complexity index is 520. The number of nitrogens with zero attached hydrogens (tertiary/aromatic N) is 1. The molecule has 0 spiro atoms. The Kier molecular flexibility index (Phi) is 6.26. The van der Waals surface area contributed by atoms with Crippen molar-refractivity contribution in [3.63, 3.8) is 0 Å². The molecular formula is C18H27NO2. The van der Waals surface area contributed by atoms with Gasteiger partial charge in [-0.15, -0.1) is 0 Å². The van der Waals surface area contributed by atoms with Crippen LogP contribution in [-0.4, -0.2) is 36.8 Å². The maximum atomic E-state index is 8.89. The summed E-state index contributed by atoms with van der Waals surface area (Å²) in [5.41, 5.74) is 2.27. The highest BCUT2D eigenvalue weighted by Crippen LogP contribution is 2.26. The molecule has 1 atom stereocenters. The van der Waals surface area contributed by atoms with Crippen LogP contribution in [0.4, 0.5) is 0 Å². The standard InChI is InChI=1S/C18H27NO2/c1-14(18(2,3)4)19(5)13-16-12-17(21-6)10-9-15(16)8-7-11-20/h9-10,12,14,20H,11,13H2,1-6H3. The molecule has 0 amide bonds.